The van der Waals surface area contributed by atoms with Crippen molar-refractivity contribution in [2.24, 2.45) is 0 Å². The number of β-amino-alcohol motifs (C(OH)–C–C–N with tert-alkyl or cyclic N) is 1. The van der Waals surface area contributed by atoms with Gasteiger partial charge in [0.25, 0.3) is 0 Å². The van der Waals surface area contributed by atoms with Gasteiger partial charge in [0.1, 0.15) is 10.6 Å². The van der Waals surface area contributed by atoms with E-state index in [0.29, 0.717) is 5.28 Å². The first-order chi connectivity index (χ1) is 9.78. The van der Waals surface area contributed by atoms with Crippen molar-refractivity contribution in [2.45, 2.75) is 6.42 Å². The van der Waals surface area contributed by atoms with Crippen molar-refractivity contribution >= 4 is 39.0 Å². The fraction of sp³-hybridized carbons (Fsp3) is 0.538. The van der Waals surface area contributed by atoms with Crippen molar-refractivity contribution in [1.82, 2.24) is 14.9 Å². The van der Waals surface area contributed by atoms with Crippen molar-refractivity contribution < 1.29 is 5.11 Å². The van der Waals surface area contributed by atoms with Gasteiger partial charge < -0.3 is 10.0 Å². The molecule has 7 heteroatoms. The van der Waals surface area contributed by atoms with Crippen molar-refractivity contribution in [2.75, 3.05) is 44.2 Å². The summed E-state index contributed by atoms with van der Waals surface area (Å²) in [5.41, 5.74) is 0. The third kappa shape index (κ3) is 2.88. The Balaban J connectivity index is 1.85. The van der Waals surface area contributed by atoms with E-state index in [4.69, 9.17) is 16.7 Å². The number of nitrogens with zero attached hydrogens (tertiary/aromatic N) is 4. The Morgan fingerprint density at radius 3 is 3.00 bits per heavy atom. The van der Waals surface area contributed by atoms with Gasteiger partial charge in [-0.2, -0.15) is 4.98 Å². The second kappa shape index (κ2) is 6.22. The number of hydrogen-bond acceptors (Lipinski definition) is 6. The van der Waals surface area contributed by atoms with E-state index in [1.165, 1.54) is 0 Å². The molecule has 108 valence electrons. The van der Waals surface area contributed by atoms with Gasteiger partial charge in [0.2, 0.25) is 5.28 Å². The summed E-state index contributed by atoms with van der Waals surface area (Å²) in [5.74, 6) is 0.937. The van der Waals surface area contributed by atoms with Gasteiger partial charge in [-0.3, -0.25) is 4.90 Å². The maximum Gasteiger partial charge on any atom is 0.225 e. The SMILES string of the molecule is OCCN1CCCN(c2nc(Cl)nc3sccc23)CC1. The Morgan fingerprint density at radius 2 is 2.15 bits per heavy atom. The van der Waals surface area contributed by atoms with Crippen LogP contribution in [0.4, 0.5) is 5.82 Å². The van der Waals surface area contributed by atoms with Gasteiger partial charge in [-0.1, -0.05) is 0 Å². The van der Waals surface area contributed by atoms with E-state index in [1.54, 1.807) is 11.3 Å². The van der Waals surface area contributed by atoms with Gasteiger partial charge in [-0.15, -0.1) is 11.3 Å². The number of hydrogen-bond donors (Lipinski definition) is 1. The highest BCUT2D eigenvalue weighted by atomic mass is 35.5. The molecule has 0 radical (unpaired) electrons. The zero-order chi connectivity index (χ0) is 13.9. The zero-order valence-corrected chi connectivity index (χ0v) is 12.7. The summed E-state index contributed by atoms with van der Waals surface area (Å²) >= 11 is 7.62. The lowest BCUT2D eigenvalue weighted by atomic mass is 10.3. The maximum absolute atomic E-state index is 9.05. The molecule has 0 spiro atoms. The minimum absolute atomic E-state index is 0.216. The monoisotopic (exact) mass is 312 g/mol. The molecule has 0 bridgehead atoms. The van der Waals surface area contributed by atoms with E-state index in [-0.39, 0.29) is 6.61 Å². The van der Waals surface area contributed by atoms with E-state index in [9.17, 15) is 0 Å². The second-order valence-corrected chi connectivity index (χ2v) is 6.09. The van der Waals surface area contributed by atoms with Crippen LogP contribution in [0.1, 0.15) is 6.42 Å². The number of aromatic nitrogens is 2. The third-order valence-corrected chi connectivity index (χ3v) is 4.56. The molecular formula is C13H17ClN4OS. The van der Waals surface area contributed by atoms with E-state index >= 15 is 0 Å². The van der Waals surface area contributed by atoms with Crippen LogP contribution in [0.15, 0.2) is 11.4 Å². The summed E-state index contributed by atoms with van der Waals surface area (Å²) in [7, 11) is 0. The molecule has 0 aromatic carbocycles. The fourth-order valence-electron chi connectivity index (χ4n) is 2.60. The number of thiophene rings is 1. The number of halogens is 1. The van der Waals surface area contributed by atoms with Crippen LogP contribution in [-0.4, -0.2) is 59.3 Å². The number of rotatable bonds is 3. The number of aliphatic hydroxyl groups excluding tert-OH is 1. The molecule has 3 heterocycles. The van der Waals surface area contributed by atoms with E-state index in [1.807, 2.05) is 5.38 Å². The minimum atomic E-state index is 0.216. The number of aliphatic hydroxyl groups is 1. The smallest absolute Gasteiger partial charge is 0.225 e. The van der Waals surface area contributed by atoms with Gasteiger partial charge >= 0.3 is 0 Å². The Labute approximate surface area is 126 Å². The molecule has 2 aromatic rings. The molecule has 1 fully saturated rings. The van der Waals surface area contributed by atoms with Crippen LogP contribution in [0.25, 0.3) is 10.2 Å². The lowest BCUT2D eigenvalue weighted by Gasteiger charge is -2.23. The molecule has 1 N–H and O–H groups in total. The molecule has 3 rings (SSSR count). The van der Waals surface area contributed by atoms with Crippen LogP contribution in [0.2, 0.25) is 5.28 Å². The van der Waals surface area contributed by atoms with Crippen molar-refractivity contribution in [3.05, 3.63) is 16.7 Å². The highest BCUT2D eigenvalue weighted by Crippen LogP contribution is 2.29. The van der Waals surface area contributed by atoms with Gasteiger partial charge in [0.05, 0.1) is 12.0 Å². The molecule has 0 atom stereocenters. The summed E-state index contributed by atoms with van der Waals surface area (Å²) in [4.78, 5) is 14.2. The second-order valence-electron chi connectivity index (χ2n) is 4.86. The first-order valence-corrected chi connectivity index (χ1v) is 8.02. The first-order valence-electron chi connectivity index (χ1n) is 6.77. The molecule has 20 heavy (non-hydrogen) atoms. The molecule has 1 saturated heterocycles. The molecule has 2 aromatic heterocycles. The largest absolute Gasteiger partial charge is 0.395 e. The molecule has 0 amide bonds. The van der Waals surface area contributed by atoms with Crippen LogP contribution in [0.3, 0.4) is 0 Å². The molecule has 5 nitrogen and oxygen atoms in total. The van der Waals surface area contributed by atoms with Crippen LogP contribution in [-0.2, 0) is 0 Å². The molecule has 0 unspecified atom stereocenters. The van der Waals surface area contributed by atoms with Crippen molar-refractivity contribution in [1.29, 1.82) is 0 Å². The van der Waals surface area contributed by atoms with Crippen LogP contribution < -0.4 is 4.90 Å². The van der Waals surface area contributed by atoms with E-state index in [0.717, 1.165) is 55.2 Å². The summed E-state index contributed by atoms with van der Waals surface area (Å²) in [6, 6.07) is 2.06. The number of fused-ring (bicyclic) bond motifs is 1. The lowest BCUT2D eigenvalue weighted by Crippen LogP contribution is -2.32. The Bertz CT molecular complexity index is 591. The summed E-state index contributed by atoms with van der Waals surface area (Å²) in [6.07, 6.45) is 1.06. The number of anilines is 1. The van der Waals surface area contributed by atoms with E-state index < -0.39 is 0 Å². The standard InChI is InChI=1S/C13H17ClN4OS/c14-13-15-11(10-2-9-20-12(10)16-13)18-4-1-3-17(5-6-18)7-8-19/h2,9,19H,1,3-8H2. The highest BCUT2D eigenvalue weighted by molar-refractivity contribution is 7.16. The van der Waals surface area contributed by atoms with Gasteiger partial charge in [-0.25, -0.2) is 4.98 Å². The van der Waals surface area contributed by atoms with Crippen LogP contribution in [0.5, 0.6) is 0 Å². The van der Waals surface area contributed by atoms with Gasteiger partial charge in [-0.05, 0) is 36.0 Å². The van der Waals surface area contributed by atoms with Gasteiger partial charge in [0, 0.05) is 26.2 Å². The molecular weight excluding hydrogens is 296 g/mol. The third-order valence-electron chi connectivity index (χ3n) is 3.58. The Morgan fingerprint density at radius 1 is 1.25 bits per heavy atom. The highest BCUT2D eigenvalue weighted by Gasteiger charge is 2.19. The molecule has 1 aliphatic rings. The summed E-state index contributed by atoms with van der Waals surface area (Å²) < 4.78 is 0. The topological polar surface area (TPSA) is 52.5 Å². The predicted octanol–water partition coefficient (Wildman–Crippen LogP) is 1.85. The van der Waals surface area contributed by atoms with Crippen LogP contribution >= 0.6 is 22.9 Å². The summed E-state index contributed by atoms with van der Waals surface area (Å²) in [5, 5.41) is 12.5. The average Bonchev–Trinajstić information content (AvgIpc) is 2.77. The van der Waals surface area contributed by atoms with Crippen LogP contribution in [0, 0.1) is 0 Å². The lowest BCUT2D eigenvalue weighted by molar-refractivity contribution is 0.204. The first kappa shape index (κ1) is 14.0. The van der Waals surface area contributed by atoms with Gasteiger partial charge in [0.15, 0.2) is 0 Å². The normalized spacial score (nSPS) is 17.6. The summed E-state index contributed by atoms with van der Waals surface area (Å²) in [6.45, 7) is 4.77. The Kier molecular flexibility index (Phi) is 4.35. The average molecular weight is 313 g/mol. The van der Waals surface area contributed by atoms with Crippen molar-refractivity contribution in [3.8, 4) is 0 Å². The van der Waals surface area contributed by atoms with Crippen molar-refractivity contribution in [3.63, 3.8) is 0 Å². The quantitative estimate of drug-likeness (QED) is 0.877. The fourth-order valence-corrected chi connectivity index (χ4v) is 3.58. The molecule has 0 saturated carbocycles. The minimum Gasteiger partial charge on any atom is -0.395 e. The predicted molar refractivity (Wildman–Crippen MR) is 82.8 cm³/mol. The molecule has 0 aliphatic carbocycles. The molecule has 1 aliphatic heterocycles. The van der Waals surface area contributed by atoms with E-state index in [2.05, 4.69) is 25.8 Å². The zero-order valence-electron chi connectivity index (χ0n) is 11.1. The maximum atomic E-state index is 9.05. The Hall–Kier alpha value is -0.950.